The van der Waals surface area contributed by atoms with Gasteiger partial charge in [-0.2, -0.15) is 0 Å². The maximum Gasteiger partial charge on any atom is -0.00120 e. The normalized spacial score (nSPS) is 23.7. The van der Waals surface area contributed by atoms with Crippen molar-refractivity contribution in [1.29, 1.82) is 0 Å². The summed E-state index contributed by atoms with van der Waals surface area (Å²) in [6.45, 7) is 0. The molecule has 0 radical (unpaired) electrons. The van der Waals surface area contributed by atoms with E-state index in [2.05, 4.69) is 152 Å². The highest BCUT2D eigenvalue weighted by molar-refractivity contribution is 5.48. The molecule has 6 rings (SSSR count). The van der Waals surface area contributed by atoms with Gasteiger partial charge >= 0.3 is 0 Å². The van der Waals surface area contributed by atoms with Gasteiger partial charge in [-0.05, 0) is 57.4 Å². The van der Waals surface area contributed by atoms with Crippen molar-refractivity contribution in [3.63, 3.8) is 0 Å². The van der Waals surface area contributed by atoms with Gasteiger partial charge in [-0.15, -0.1) is 0 Å². The first-order chi connectivity index (χ1) is 17.4. The van der Waals surface area contributed by atoms with Gasteiger partial charge in [0.05, 0.1) is 0 Å². The van der Waals surface area contributed by atoms with Gasteiger partial charge in [0.15, 0.2) is 0 Å². The van der Waals surface area contributed by atoms with Gasteiger partial charge in [0, 0.05) is 0 Å². The molecule has 1 aliphatic carbocycles. The first kappa shape index (κ1) is 21.6. The molecule has 0 heteroatoms. The molecular weight excluding hydrogens is 420 g/mol. The largest absolute Gasteiger partial charge is 0.0622 e. The smallest absolute Gasteiger partial charge is 0.00120 e. The molecule has 0 bridgehead atoms. The molecule has 0 atom stereocenters. The minimum absolute atomic E-state index is 0.358. The Hall–Kier alpha value is -3.90. The van der Waals surface area contributed by atoms with Crippen LogP contribution in [0.15, 0.2) is 152 Å². The van der Waals surface area contributed by atoms with Crippen LogP contribution in [0.3, 0.4) is 0 Å². The van der Waals surface area contributed by atoms with Crippen LogP contribution < -0.4 is 0 Å². The Morgan fingerprint density at radius 2 is 0.343 bits per heavy atom. The average molecular weight is 451 g/mol. The predicted molar refractivity (Wildman–Crippen MR) is 146 cm³/mol. The van der Waals surface area contributed by atoms with Crippen molar-refractivity contribution in [2.24, 2.45) is 0 Å². The van der Waals surface area contributed by atoms with E-state index in [0.717, 1.165) is 0 Å². The Labute approximate surface area is 208 Å². The molecule has 0 unspecified atom stereocenters. The third-order valence-corrected chi connectivity index (χ3v) is 7.86. The van der Waals surface area contributed by atoms with Gasteiger partial charge in [0.2, 0.25) is 0 Å². The van der Waals surface area contributed by atoms with Crippen molar-refractivity contribution in [1.82, 2.24) is 0 Å². The fourth-order valence-corrected chi connectivity index (χ4v) is 6.57. The summed E-state index contributed by atoms with van der Waals surface area (Å²) in [6, 6.07) is 56.1. The minimum Gasteiger partial charge on any atom is -0.0622 e. The lowest BCUT2D eigenvalue weighted by molar-refractivity contribution is 0.553. The Bertz CT molecular complexity index is 1070. The molecule has 0 saturated heterocycles. The molecule has 0 N–H and O–H groups in total. The maximum atomic E-state index is 2.34. The lowest BCUT2D eigenvalue weighted by Crippen LogP contribution is -2.13. The second-order valence-electron chi connectivity index (χ2n) is 9.68. The van der Waals surface area contributed by atoms with E-state index in [4.69, 9.17) is 0 Å². The molecule has 170 valence electrons. The summed E-state index contributed by atoms with van der Waals surface area (Å²) in [6.07, 6.45) is 0. The van der Waals surface area contributed by atoms with E-state index in [9.17, 15) is 0 Å². The second kappa shape index (κ2) is 9.76. The fourth-order valence-electron chi connectivity index (χ4n) is 6.57. The van der Waals surface area contributed by atoms with E-state index >= 15 is 0 Å². The molecule has 5 aromatic carbocycles. The minimum atomic E-state index is 0.358. The van der Waals surface area contributed by atoms with Crippen molar-refractivity contribution in [2.75, 3.05) is 0 Å². The third kappa shape index (κ3) is 4.10. The Morgan fingerprint density at radius 3 is 0.486 bits per heavy atom. The molecule has 0 amide bonds. The van der Waals surface area contributed by atoms with Crippen molar-refractivity contribution in [2.45, 2.75) is 29.6 Å². The Kier molecular flexibility index (Phi) is 6.03. The van der Waals surface area contributed by atoms with Gasteiger partial charge in [0.25, 0.3) is 0 Å². The van der Waals surface area contributed by atoms with Crippen LogP contribution in [0.2, 0.25) is 0 Å². The third-order valence-electron chi connectivity index (χ3n) is 7.86. The van der Waals surface area contributed by atoms with E-state index in [1.807, 2.05) is 0 Å². The topological polar surface area (TPSA) is 0 Å². The SMILES string of the molecule is c1ccc(C2C(c3ccccc3)C(c3ccccc3)C(c3ccccc3)C2c2ccccc2)cc1. The molecule has 0 aliphatic heterocycles. The van der Waals surface area contributed by atoms with Crippen LogP contribution in [0.25, 0.3) is 0 Å². The highest BCUT2D eigenvalue weighted by Gasteiger charge is 2.52. The van der Waals surface area contributed by atoms with Gasteiger partial charge in [-0.1, -0.05) is 152 Å². The van der Waals surface area contributed by atoms with Crippen LogP contribution in [-0.4, -0.2) is 0 Å². The van der Waals surface area contributed by atoms with Crippen LogP contribution >= 0.6 is 0 Å². The highest BCUT2D eigenvalue weighted by atomic mass is 14.5. The summed E-state index contributed by atoms with van der Waals surface area (Å²) in [7, 11) is 0. The monoisotopic (exact) mass is 450 g/mol. The van der Waals surface area contributed by atoms with Gasteiger partial charge < -0.3 is 0 Å². The summed E-state index contributed by atoms with van der Waals surface area (Å²) in [5.41, 5.74) is 7.13. The number of benzene rings is 5. The zero-order valence-electron chi connectivity index (χ0n) is 19.8. The van der Waals surface area contributed by atoms with Crippen LogP contribution in [0.5, 0.6) is 0 Å². The molecule has 0 spiro atoms. The molecule has 0 nitrogen and oxygen atoms in total. The van der Waals surface area contributed by atoms with Crippen molar-refractivity contribution >= 4 is 0 Å². The molecule has 0 heterocycles. The molecule has 5 aromatic rings. The van der Waals surface area contributed by atoms with Crippen molar-refractivity contribution < 1.29 is 0 Å². The predicted octanol–water partition coefficient (Wildman–Crippen LogP) is 8.92. The van der Waals surface area contributed by atoms with Crippen LogP contribution in [0.1, 0.15) is 57.4 Å². The first-order valence-electron chi connectivity index (χ1n) is 12.7. The molecule has 35 heavy (non-hydrogen) atoms. The van der Waals surface area contributed by atoms with E-state index in [1.54, 1.807) is 0 Å². The summed E-state index contributed by atoms with van der Waals surface area (Å²) in [5.74, 6) is 1.79. The lowest BCUT2D eigenvalue weighted by Gasteiger charge is -2.28. The summed E-state index contributed by atoms with van der Waals surface area (Å²) in [5, 5.41) is 0. The van der Waals surface area contributed by atoms with E-state index in [1.165, 1.54) is 27.8 Å². The van der Waals surface area contributed by atoms with Gasteiger partial charge in [-0.3, -0.25) is 0 Å². The van der Waals surface area contributed by atoms with Crippen LogP contribution in [-0.2, 0) is 0 Å². The van der Waals surface area contributed by atoms with E-state index < -0.39 is 0 Å². The van der Waals surface area contributed by atoms with Crippen LogP contribution in [0.4, 0.5) is 0 Å². The maximum absolute atomic E-state index is 2.34. The lowest BCUT2D eigenvalue weighted by atomic mass is 9.75. The summed E-state index contributed by atoms with van der Waals surface area (Å²) < 4.78 is 0. The zero-order chi connectivity index (χ0) is 23.5. The summed E-state index contributed by atoms with van der Waals surface area (Å²) >= 11 is 0. The van der Waals surface area contributed by atoms with Crippen LogP contribution in [0, 0.1) is 0 Å². The summed E-state index contributed by atoms with van der Waals surface area (Å²) in [4.78, 5) is 0. The van der Waals surface area contributed by atoms with Gasteiger partial charge in [0.1, 0.15) is 0 Å². The molecule has 1 fully saturated rings. The molecule has 0 aromatic heterocycles. The first-order valence-corrected chi connectivity index (χ1v) is 12.7. The number of hydrogen-bond acceptors (Lipinski definition) is 0. The molecular formula is C35H30. The molecule has 1 aliphatic rings. The Balaban J connectivity index is 1.66. The second-order valence-corrected chi connectivity index (χ2v) is 9.68. The van der Waals surface area contributed by atoms with Crippen molar-refractivity contribution in [3.05, 3.63) is 179 Å². The van der Waals surface area contributed by atoms with Crippen molar-refractivity contribution in [3.8, 4) is 0 Å². The number of hydrogen-bond donors (Lipinski definition) is 0. The van der Waals surface area contributed by atoms with E-state index in [-0.39, 0.29) is 0 Å². The molecule has 1 saturated carbocycles. The number of rotatable bonds is 5. The average Bonchev–Trinajstić information content (AvgIpc) is 3.32. The highest BCUT2D eigenvalue weighted by Crippen LogP contribution is 2.66. The Morgan fingerprint density at radius 1 is 0.200 bits per heavy atom. The standard InChI is InChI=1S/C35H30/c1-6-16-26(17-7-1)31-32(27-18-8-2-9-19-27)34(29-22-12-4-13-23-29)35(30-24-14-5-15-25-30)33(31)28-20-10-3-11-21-28/h1-25,31-35H. The quantitative estimate of drug-likeness (QED) is 0.251. The van der Waals surface area contributed by atoms with Gasteiger partial charge in [-0.25, -0.2) is 0 Å². The fraction of sp³-hybridized carbons (Fsp3) is 0.143. The zero-order valence-corrected chi connectivity index (χ0v) is 19.8. The van der Waals surface area contributed by atoms with E-state index in [0.29, 0.717) is 29.6 Å².